The molecule has 7 nitrogen and oxygen atoms in total. The van der Waals surface area contributed by atoms with Crippen molar-refractivity contribution in [3.8, 4) is 0 Å². The van der Waals surface area contributed by atoms with E-state index in [2.05, 4.69) is 36.0 Å². The molecule has 112 valence electrons. The Balaban J connectivity index is 2.27. The van der Waals surface area contributed by atoms with Gasteiger partial charge in [0.15, 0.2) is 5.82 Å². The van der Waals surface area contributed by atoms with Crippen LogP contribution in [0.2, 0.25) is 0 Å². The van der Waals surface area contributed by atoms with E-state index in [9.17, 15) is 8.42 Å². The Labute approximate surface area is 131 Å². The first-order chi connectivity index (χ1) is 9.94. The van der Waals surface area contributed by atoms with Gasteiger partial charge in [0, 0.05) is 29.6 Å². The van der Waals surface area contributed by atoms with Gasteiger partial charge in [-0.1, -0.05) is 0 Å². The molecule has 0 aliphatic carbocycles. The van der Waals surface area contributed by atoms with Gasteiger partial charge in [0.2, 0.25) is 10.0 Å². The molecule has 0 aromatic carbocycles. The average Bonchev–Trinajstić information content (AvgIpc) is 2.46. The maximum absolute atomic E-state index is 12.4. The predicted octanol–water partition coefficient (Wildman–Crippen LogP) is 1.31. The number of halogens is 1. The fourth-order valence-corrected chi connectivity index (χ4v) is 3.32. The molecule has 0 spiro atoms. The molecule has 0 saturated carbocycles. The fraction of sp³-hybridized carbons (Fsp3) is 0.167. The minimum absolute atomic E-state index is 0.0221. The van der Waals surface area contributed by atoms with E-state index in [0.29, 0.717) is 4.47 Å². The van der Waals surface area contributed by atoms with E-state index in [1.165, 1.54) is 12.3 Å². The highest BCUT2D eigenvalue weighted by Crippen LogP contribution is 2.22. The van der Waals surface area contributed by atoms with E-state index in [-0.39, 0.29) is 17.3 Å². The van der Waals surface area contributed by atoms with Crippen molar-refractivity contribution in [2.45, 2.75) is 18.4 Å². The van der Waals surface area contributed by atoms with Crippen molar-refractivity contribution in [3.05, 3.63) is 46.3 Å². The van der Waals surface area contributed by atoms with E-state index in [1.54, 1.807) is 18.5 Å². The van der Waals surface area contributed by atoms with Crippen molar-refractivity contribution in [3.63, 3.8) is 0 Å². The van der Waals surface area contributed by atoms with Gasteiger partial charge in [-0.2, -0.15) is 0 Å². The van der Waals surface area contributed by atoms with E-state index < -0.39 is 10.0 Å². The van der Waals surface area contributed by atoms with Gasteiger partial charge in [0.1, 0.15) is 4.90 Å². The molecule has 0 atom stereocenters. The number of nitrogens with two attached hydrogens (primary N) is 1. The molecule has 2 aromatic heterocycles. The van der Waals surface area contributed by atoms with Crippen LogP contribution in [0.15, 0.2) is 40.1 Å². The quantitative estimate of drug-likeness (QED) is 0.539. The van der Waals surface area contributed by atoms with Crippen LogP contribution >= 0.6 is 15.9 Å². The third kappa shape index (κ3) is 3.76. The molecule has 9 heteroatoms. The number of aromatic nitrogens is 2. The van der Waals surface area contributed by atoms with E-state index in [0.717, 1.165) is 11.1 Å². The van der Waals surface area contributed by atoms with Crippen molar-refractivity contribution >= 4 is 31.8 Å². The predicted molar refractivity (Wildman–Crippen MR) is 82.7 cm³/mol. The van der Waals surface area contributed by atoms with Gasteiger partial charge in [0.25, 0.3) is 0 Å². The van der Waals surface area contributed by atoms with Crippen LogP contribution in [-0.2, 0) is 16.6 Å². The lowest BCUT2D eigenvalue weighted by Gasteiger charge is -2.11. The topological polar surface area (TPSA) is 110 Å². The van der Waals surface area contributed by atoms with E-state index >= 15 is 0 Å². The smallest absolute Gasteiger partial charge is 0.244 e. The van der Waals surface area contributed by atoms with Crippen molar-refractivity contribution in [1.29, 1.82) is 0 Å². The van der Waals surface area contributed by atoms with Crippen molar-refractivity contribution < 1.29 is 8.42 Å². The lowest BCUT2D eigenvalue weighted by Crippen LogP contribution is -2.26. The summed E-state index contributed by atoms with van der Waals surface area (Å²) in [5, 5.41) is 0. The third-order valence-corrected chi connectivity index (χ3v) is 4.68. The molecule has 2 rings (SSSR count). The summed E-state index contributed by atoms with van der Waals surface area (Å²) < 4.78 is 27.8. The summed E-state index contributed by atoms with van der Waals surface area (Å²) in [6.45, 7) is 2.03. The number of nitrogens with zero attached hydrogens (tertiary/aromatic N) is 2. The molecular formula is C12H14BrN5O2S. The second kappa shape index (κ2) is 6.48. The first kappa shape index (κ1) is 15.8. The maximum Gasteiger partial charge on any atom is 0.244 e. The molecule has 0 radical (unpaired) electrons. The van der Waals surface area contributed by atoms with Crippen molar-refractivity contribution in [2.75, 3.05) is 5.43 Å². The van der Waals surface area contributed by atoms with Crippen molar-refractivity contribution in [2.24, 2.45) is 5.84 Å². The van der Waals surface area contributed by atoms with Gasteiger partial charge >= 0.3 is 0 Å². The van der Waals surface area contributed by atoms with Crippen LogP contribution in [-0.4, -0.2) is 18.4 Å². The standard InChI is InChI=1S/C12H14BrN5O2S/c1-8-5-15-3-2-9(8)6-17-21(19,20)11-4-10(13)7-16-12(11)18-14/h2-5,7,17H,6,14H2,1H3,(H,16,18). The Morgan fingerprint density at radius 1 is 1.38 bits per heavy atom. The summed E-state index contributed by atoms with van der Waals surface area (Å²) >= 11 is 3.19. The second-order valence-electron chi connectivity index (χ2n) is 4.27. The number of nitrogens with one attached hydrogen (secondary N) is 2. The monoisotopic (exact) mass is 371 g/mol. The van der Waals surface area contributed by atoms with Gasteiger partial charge in [-0.25, -0.2) is 24.0 Å². The van der Waals surface area contributed by atoms with Crippen LogP contribution in [0.3, 0.4) is 0 Å². The van der Waals surface area contributed by atoms with E-state index in [4.69, 9.17) is 5.84 Å². The first-order valence-electron chi connectivity index (χ1n) is 5.95. The Hall–Kier alpha value is -1.55. The molecule has 0 unspecified atom stereocenters. The van der Waals surface area contributed by atoms with Crippen LogP contribution < -0.4 is 16.0 Å². The summed E-state index contributed by atoms with van der Waals surface area (Å²) in [5.74, 6) is 5.38. The minimum Gasteiger partial charge on any atom is -0.307 e. The number of pyridine rings is 2. The number of rotatable bonds is 5. The minimum atomic E-state index is -3.75. The van der Waals surface area contributed by atoms with E-state index in [1.807, 2.05) is 6.92 Å². The molecule has 0 amide bonds. The number of sulfonamides is 1. The third-order valence-electron chi connectivity index (χ3n) is 2.83. The Bertz CT molecular complexity index is 751. The number of hydrogen-bond donors (Lipinski definition) is 3. The highest BCUT2D eigenvalue weighted by Gasteiger charge is 2.20. The number of aryl methyl sites for hydroxylation is 1. The Morgan fingerprint density at radius 3 is 2.81 bits per heavy atom. The molecule has 0 fully saturated rings. The molecular weight excluding hydrogens is 358 g/mol. The molecule has 21 heavy (non-hydrogen) atoms. The zero-order chi connectivity index (χ0) is 15.5. The lowest BCUT2D eigenvalue weighted by molar-refractivity contribution is 0.581. The van der Waals surface area contributed by atoms with Crippen LogP contribution in [0.25, 0.3) is 0 Å². The SMILES string of the molecule is Cc1cnccc1CNS(=O)(=O)c1cc(Br)cnc1NN. The summed E-state index contributed by atoms with van der Waals surface area (Å²) in [4.78, 5) is 7.87. The molecule has 0 saturated heterocycles. The lowest BCUT2D eigenvalue weighted by atomic mass is 10.2. The molecule has 0 aliphatic rings. The van der Waals surface area contributed by atoms with Crippen LogP contribution in [0.1, 0.15) is 11.1 Å². The molecule has 0 bridgehead atoms. The molecule has 0 aliphatic heterocycles. The van der Waals surface area contributed by atoms with Crippen molar-refractivity contribution in [1.82, 2.24) is 14.7 Å². The average molecular weight is 372 g/mol. The van der Waals surface area contributed by atoms with Gasteiger partial charge < -0.3 is 5.43 Å². The fourth-order valence-electron chi connectivity index (χ4n) is 1.68. The number of hydrogen-bond acceptors (Lipinski definition) is 6. The second-order valence-corrected chi connectivity index (χ2v) is 6.92. The zero-order valence-electron chi connectivity index (χ0n) is 11.2. The van der Waals surface area contributed by atoms with Gasteiger partial charge in [0.05, 0.1) is 0 Å². The summed E-state index contributed by atoms with van der Waals surface area (Å²) in [5.41, 5.74) is 4.03. The number of anilines is 1. The number of hydrazine groups is 1. The first-order valence-corrected chi connectivity index (χ1v) is 8.23. The van der Waals surface area contributed by atoms with Gasteiger partial charge in [-0.3, -0.25) is 4.98 Å². The van der Waals surface area contributed by atoms with Gasteiger partial charge in [-0.05, 0) is 46.1 Å². The Kier molecular flexibility index (Phi) is 4.88. The van der Waals surface area contributed by atoms with Crippen LogP contribution in [0.4, 0.5) is 5.82 Å². The van der Waals surface area contributed by atoms with Crippen LogP contribution in [0.5, 0.6) is 0 Å². The molecule has 2 aromatic rings. The van der Waals surface area contributed by atoms with Gasteiger partial charge in [-0.15, -0.1) is 0 Å². The Morgan fingerprint density at radius 2 is 2.14 bits per heavy atom. The summed E-state index contributed by atoms with van der Waals surface area (Å²) in [6.07, 6.45) is 4.75. The molecule has 2 heterocycles. The zero-order valence-corrected chi connectivity index (χ0v) is 13.6. The van der Waals surface area contributed by atoms with Crippen LogP contribution in [0, 0.1) is 6.92 Å². The normalized spacial score (nSPS) is 11.4. The molecule has 4 N–H and O–H groups in total. The largest absolute Gasteiger partial charge is 0.307 e. The highest BCUT2D eigenvalue weighted by atomic mass is 79.9. The summed E-state index contributed by atoms with van der Waals surface area (Å²) in [6, 6.07) is 3.20. The number of nitrogen functional groups attached to an aromatic ring is 1. The summed E-state index contributed by atoms with van der Waals surface area (Å²) in [7, 11) is -3.75. The maximum atomic E-state index is 12.4. The highest BCUT2D eigenvalue weighted by molar-refractivity contribution is 9.10.